The van der Waals surface area contributed by atoms with Gasteiger partial charge in [0.05, 0.1) is 16.6 Å². The van der Waals surface area contributed by atoms with Crippen molar-refractivity contribution in [2.24, 2.45) is 0 Å². The van der Waals surface area contributed by atoms with Gasteiger partial charge in [0, 0.05) is 11.8 Å². The van der Waals surface area contributed by atoms with E-state index >= 15 is 0 Å². The summed E-state index contributed by atoms with van der Waals surface area (Å²) < 4.78 is 0. The average molecular weight is 244 g/mol. The molecule has 0 bridgehead atoms. The van der Waals surface area contributed by atoms with Crippen LogP contribution in [0.5, 0.6) is 0 Å². The van der Waals surface area contributed by atoms with Gasteiger partial charge in [0.2, 0.25) is 0 Å². The Labute approximate surface area is 107 Å². The number of aromatic nitrogens is 2. The van der Waals surface area contributed by atoms with Gasteiger partial charge >= 0.3 is 0 Å². The Balaban J connectivity index is 1.96. The predicted octanol–water partition coefficient (Wildman–Crippen LogP) is 2.93. The summed E-state index contributed by atoms with van der Waals surface area (Å²) in [5, 5.41) is 9.96. The second-order valence-electron chi connectivity index (χ2n) is 6.59. The molecule has 2 aromatic rings. The first kappa shape index (κ1) is 11.7. The summed E-state index contributed by atoms with van der Waals surface area (Å²) in [5.41, 5.74) is 2.87. The van der Waals surface area contributed by atoms with E-state index in [9.17, 15) is 5.11 Å². The molecule has 1 heterocycles. The lowest BCUT2D eigenvalue weighted by Gasteiger charge is -2.13. The third-order valence-electron chi connectivity index (χ3n) is 3.62. The smallest absolute Gasteiger partial charge is 0.112 e. The fraction of sp³-hybridized carbons (Fsp3) is 0.533. The molecule has 0 amide bonds. The van der Waals surface area contributed by atoms with Crippen molar-refractivity contribution in [3.05, 3.63) is 29.6 Å². The molecule has 1 aromatic heterocycles. The predicted molar refractivity (Wildman–Crippen MR) is 72.7 cm³/mol. The Morgan fingerprint density at radius 1 is 1.33 bits per heavy atom. The Kier molecular flexibility index (Phi) is 2.33. The zero-order valence-electron chi connectivity index (χ0n) is 11.2. The van der Waals surface area contributed by atoms with Gasteiger partial charge in [-0.1, -0.05) is 26.8 Å². The molecule has 96 valence electrons. The number of aromatic amines is 1. The van der Waals surface area contributed by atoms with Crippen LogP contribution in [0.25, 0.3) is 11.0 Å². The van der Waals surface area contributed by atoms with E-state index in [-0.39, 0.29) is 5.41 Å². The number of hydrogen-bond donors (Lipinski definition) is 2. The number of aliphatic hydroxyl groups is 1. The molecule has 0 radical (unpaired) electrons. The minimum atomic E-state index is -0.430. The number of H-pyrrole nitrogens is 1. The maximum absolute atomic E-state index is 9.96. The van der Waals surface area contributed by atoms with Gasteiger partial charge in [-0.25, -0.2) is 4.98 Å². The number of imidazole rings is 1. The van der Waals surface area contributed by atoms with Gasteiger partial charge in [0.1, 0.15) is 5.82 Å². The number of nitrogens with zero attached hydrogens (tertiary/aromatic N) is 1. The molecule has 3 nitrogen and oxygen atoms in total. The van der Waals surface area contributed by atoms with Crippen LogP contribution >= 0.6 is 0 Å². The monoisotopic (exact) mass is 244 g/mol. The van der Waals surface area contributed by atoms with Crippen LogP contribution in [-0.4, -0.2) is 20.7 Å². The first-order valence-electron chi connectivity index (χ1n) is 6.57. The molecule has 1 aromatic carbocycles. The van der Waals surface area contributed by atoms with Gasteiger partial charge in [0.25, 0.3) is 0 Å². The van der Waals surface area contributed by atoms with Crippen molar-refractivity contribution in [2.75, 3.05) is 0 Å². The van der Waals surface area contributed by atoms with Crippen molar-refractivity contribution in [3.63, 3.8) is 0 Å². The van der Waals surface area contributed by atoms with Crippen molar-refractivity contribution in [1.29, 1.82) is 0 Å². The summed E-state index contributed by atoms with van der Waals surface area (Å²) >= 11 is 0. The summed E-state index contributed by atoms with van der Waals surface area (Å²) in [5.74, 6) is 1.01. The fourth-order valence-electron chi connectivity index (χ4n) is 2.22. The van der Waals surface area contributed by atoms with Gasteiger partial charge in [-0.05, 0) is 30.5 Å². The second kappa shape index (κ2) is 3.58. The average Bonchev–Trinajstić information content (AvgIpc) is 2.83. The Morgan fingerprint density at radius 2 is 2.06 bits per heavy atom. The number of fused-ring (bicyclic) bond motifs is 1. The van der Waals surface area contributed by atoms with Gasteiger partial charge < -0.3 is 10.1 Å². The first-order valence-corrected chi connectivity index (χ1v) is 6.57. The molecule has 1 saturated carbocycles. The van der Waals surface area contributed by atoms with E-state index in [0.717, 1.165) is 36.1 Å². The Bertz CT molecular complexity index is 588. The van der Waals surface area contributed by atoms with E-state index < -0.39 is 5.60 Å². The summed E-state index contributed by atoms with van der Waals surface area (Å²) in [6, 6.07) is 6.24. The van der Waals surface area contributed by atoms with E-state index in [4.69, 9.17) is 0 Å². The van der Waals surface area contributed by atoms with Crippen molar-refractivity contribution in [2.45, 2.75) is 51.0 Å². The minimum Gasteiger partial charge on any atom is -0.390 e. The molecule has 0 spiro atoms. The lowest BCUT2D eigenvalue weighted by Crippen LogP contribution is -2.12. The van der Waals surface area contributed by atoms with Crippen LogP contribution in [0, 0.1) is 0 Å². The van der Waals surface area contributed by atoms with E-state index in [1.54, 1.807) is 0 Å². The normalized spacial score (nSPS) is 18.2. The van der Waals surface area contributed by atoms with Crippen molar-refractivity contribution in [1.82, 2.24) is 9.97 Å². The number of benzene rings is 1. The Hall–Kier alpha value is -1.35. The van der Waals surface area contributed by atoms with Crippen LogP contribution in [0.1, 0.15) is 45.0 Å². The van der Waals surface area contributed by atoms with Gasteiger partial charge in [-0.3, -0.25) is 0 Å². The summed E-state index contributed by atoms with van der Waals surface area (Å²) in [7, 11) is 0. The Morgan fingerprint density at radius 3 is 2.67 bits per heavy atom. The van der Waals surface area contributed by atoms with Crippen LogP contribution in [0.15, 0.2) is 18.2 Å². The van der Waals surface area contributed by atoms with E-state index in [1.807, 2.05) is 6.07 Å². The molecule has 0 unspecified atom stereocenters. The zero-order valence-corrected chi connectivity index (χ0v) is 11.2. The van der Waals surface area contributed by atoms with Crippen molar-refractivity contribution < 1.29 is 5.11 Å². The quantitative estimate of drug-likeness (QED) is 0.853. The highest BCUT2D eigenvalue weighted by Gasteiger charge is 2.40. The summed E-state index contributed by atoms with van der Waals surface area (Å²) in [6.45, 7) is 6.45. The maximum Gasteiger partial charge on any atom is 0.112 e. The van der Waals surface area contributed by atoms with Gasteiger partial charge in [-0.15, -0.1) is 0 Å². The third-order valence-corrected chi connectivity index (χ3v) is 3.62. The summed E-state index contributed by atoms with van der Waals surface area (Å²) in [4.78, 5) is 8.01. The van der Waals surface area contributed by atoms with Gasteiger partial charge in [-0.2, -0.15) is 0 Å². The highest BCUT2D eigenvalue weighted by molar-refractivity contribution is 5.76. The molecule has 3 rings (SSSR count). The molecule has 0 atom stereocenters. The van der Waals surface area contributed by atoms with E-state index in [1.165, 1.54) is 5.56 Å². The highest BCUT2D eigenvalue weighted by atomic mass is 16.3. The van der Waals surface area contributed by atoms with Crippen LogP contribution in [0.3, 0.4) is 0 Å². The molecular weight excluding hydrogens is 224 g/mol. The van der Waals surface area contributed by atoms with Gasteiger partial charge in [0.15, 0.2) is 0 Å². The SMILES string of the molecule is CC(C)(C)c1nc2ccc(CC3(O)CC3)cc2[nH]1. The first-order chi connectivity index (χ1) is 8.36. The molecule has 0 aliphatic heterocycles. The second-order valence-corrected chi connectivity index (χ2v) is 6.59. The number of hydrogen-bond acceptors (Lipinski definition) is 2. The minimum absolute atomic E-state index is 0.0356. The van der Waals surface area contributed by atoms with Crippen LogP contribution in [-0.2, 0) is 11.8 Å². The molecule has 0 saturated heterocycles. The number of rotatable bonds is 2. The molecule has 1 aliphatic rings. The molecular formula is C15H20N2O. The molecule has 1 aliphatic carbocycles. The lowest BCUT2D eigenvalue weighted by molar-refractivity contribution is 0.151. The van der Waals surface area contributed by atoms with Crippen molar-refractivity contribution in [3.8, 4) is 0 Å². The molecule has 3 heteroatoms. The van der Waals surface area contributed by atoms with Crippen LogP contribution < -0.4 is 0 Å². The maximum atomic E-state index is 9.96. The van der Waals surface area contributed by atoms with E-state index in [2.05, 4.69) is 42.9 Å². The molecule has 1 fully saturated rings. The van der Waals surface area contributed by atoms with E-state index in [0.29, 0.717) is 0 Å². The lowest BCUT2D eigenvalue weighted by atomic mass is 9.96. The fourth-order valence-corrected chi connectivity index (χ4v) is 2.22. The van der Waals surface area contributed by atoms with Crippen LogP contribution in [0.2, 0.25) is 0 Å². The third kappa shape index (κ3) is 2.15. The largest absolute Gasteiger partial charge is 0.390 e. The molecule has 18 heavy (non-hydrogen) atoms. The topological polar surface area (TPSA) is 48.9 Å². The van der Waals surface area contributed by atoms with Crippen molar-refractivity contribution >= 4 is 11.0 Å². The molecule has 2 N–H and O–H groups in total. The summed E-state index contributed by atoms with van der Waals surface area (Å²) in [6.07, 6.45) is 2.62. The number of nitrogens with one attached hydrogen (secondary N) is 1. The standard InChI is InChI=1S/C15H20N2O/c1-14(2,3)13-16-11-5-4-10(8-12(11)17-13)9-15(18)6-7-15/h4-5,8,18H,6-7,9H2,1-3H3,(H,16,17). The van der Waals surface area contributed by atoms with Crippen LogP contribution in [0.4, 0.5) is 0 Å². The zero-order chi connectivity index (χ0) is 13.0. The highest BCUT2D eigenvalue weighted by Crippen LogP contribution is 2.38.